The predicted molar refractivity (Wildman–Crippen MR) is 143 cm³/mol. The van der Waals surface area contributed by atoms with Crippen molar-refractivity contribution in [2.45, 2.75) is 31.5 Å². The van der Waals surface area contributed by atoms with Crippen LogP contribution >= 0.6 is 0 Å². The molecule has 3 N–H and O–H groups in total. The first kappa shape index (κ1) is 28.5. The van der Waals surface area contributed by atoms with Gasteiger partial charge in [0, 0.05) is 42.5 Å². The first-order valence-electron chi connectivity index (χ1n) is 12.5. The van der Waals surface area contributed by atoms with Crippen LogP contribution in [0.15, 0.2) is 76.8 Å². The molecule has 1 amide bonds. The summed E-state index contributed by atoms with van der Waals surface area (Å²) < 4.78 is 38.6. The molecule has 0 aromatic heterocycles. The predicted octanol–water partition coefficient (Wildman–Crippen LogP) is 4.12. The van der Waals surface area contributed by atoms with E-state index in [9.17, 15) is 13.6 Å². The van der Waals surface area contributed by atoms with Gasteiger partial charge in [-0.15, -0.1) is 0 Å². The lowest BCUT2D eigenvalue weighted by molar-refractivity contribution is -0.127. The lowest BCUT2D eigenvalue weighted by Gasteiger charge is -2.24. The third-order valence-corrected chi connectivity index (χ3v) is 6.18. The molecule has 4 rings (SSSR count). The maximum absolute atomic E-state index is 13.6. The number of aliphatic hydroxyl groups is 1. The van der Waals surface area contributed by atoms with Gasteiger partial charge in [0.1, 0.15) is 24.0 Å². The number of nitrogens with zero attached hydrogens (tertiary/aromatic N) is 4. The van der Waals surface area contributed by atoms with E-state index >= 15 is 0 Å². The summed E-state index contributed by atoms with van der Waals surface area (Å²) in [4.78, 5) is 21.1. The van der Waals surface area contributed by atoms with Crippen molar-refractivity contribution >= 4 is 11.8 Å². The minimum Gasteiger partial charge on any atom is -0.494 e. The van der Waals surface area contributed by atoms with E-state index in [1.165, 1.54) is 0 Å². The molecule has 1 aliphatic rings. The summed E-state index contributed by atoms with van der Waals surface area (Å²) in [7, 11) is 0. The zero-order valence-corrected chi connectivity index (χ0v) is 21.5. The molecular weight excluding hydrogens is 522 g/mol. The number of rotatable bonds is 13. The second-order valence-corrected chi connectivity index (χ2v) is 9.11. The Labute approximate surface area is 229 Å². The SMILES string of the molecule is [N-]=[N+]=NCc1ccccc1C[C@@]1(C(=O)NNCc2cc(F)cc(F)c2)COC(c2ccc(OCCCO)cc2)=N1. The molecule has 0 saturated carbocycles. The van der Waals surface area contributed by atoms with Crippen LogP contribution in [0.5, 0.6) is 5.75 Å². The Morgan fingerprint density at radius 3 is 2.55 bits per heavy atom. The van der Waals surface area contributed by atoms with Gasteiger partial charge in [-0.1, -0.05) is 29.4 Å². The van der Waals surface area contributed by atoms with Crippen LogP contribution in [0.4, 0.5) is 8.78 Å². The Balaban J connectivity index is 1.57. The van der Waals surface area contributed by atoms with Crippen LogP contribution in [0.1, 0.15) is 28.7 Å². The summed E-state index contributed by atoms with van der Waals surface area (Å²) in [6.07, 6.45) is 0.649. The van der Waals surface area contributed by atoms with Crippen molar-refractivity contribution in [1.29, 1.82) is 0 Å². The summed E-state index contributed by atoms with van der Waals surface area (Å²) in [5, 5.41) is 12.6. The molecular formula is C28H28F2N6O4. The van der Waals surface area contributed by atoms with Crippen LogP contribution in [0.3, 0.4) is 0 Å². The molecule has 40 heavy (non-hydrogen) atoms. The highest BCUT2D eigenvalue weighted by Crippen LogP contribution is 2.29. The van der Waals surface area contributed by atoms with E-state index in [4.69, 9.17) is 25.1 Å². The highest BCUT2D eigenvalue weighted by Gasteiger charge is 2.45. The summed E-state index contributed by atoms with van der Waals surface area (Å²) in [5.41, 5.74) is 15.1. The van der Waals surface area contributed by atoms with Gasteiger partial charge in [-0.25, -0.2) is 19.2 Å². The quantitative estimate of drug-likeness (QED) is 0.0966. The van der Waals surface area contributed by atoms with Crippen LogP contribution in [0.25, 0.3) is 10.4 Å². The van der Waals surface area contributed by atoms with E-state index in [-0.39, 0.29) is 38.6 Å². The van der Waals surface area contributed by atoms with Gasteiger partial charge in [0.15, 0.2) is 5.54 Å². The first-order chi connectivity index (χ1) is 19.4. The Morgan fingerprint density at radius 2 is 1.85 bits per heavy atom. The number of carbonyl (C=O) groups excluding carboxylic acids is 1. The van der Waals surface area contributed by atoms with Gasteiger partial charge in [-0.05, 0) is 58.6 Å². The van der Waals surface area contributed by atoms with Crippen LogP contribution in [-0.4, -0.2) is 42.3 Å². The second kappa shape index (κ2) is 13.5. The van der Waals surface area contributed by atoms with E-state index in [0.717, 1.165) is 29.3 Å². The molecule has 208 valence electrons. The number of nitrogens with one attached hydrogen (secondary N) is 2. The van der Waals surface area contributed by atoms with Crippen LogP contribution in [0, 0.1) is 11.6 Å². The van der Waals surface area contributed by atoms with Crippen LogP contribution in [0.2, 0.25) is 0 Å². The van der Waals surface area contributed by atoms with Crippen molar-refractivity contribution in [3.63, 3.8) is 0 Å². The molecule has 0 spiro atoms. The molecule has 10 nitrogen and oxygen atoms in total. The van der Waals surface area contributed by atoms with Gasteiger partial charge in [0.2, 0.25) is 5.90 Å². The van der Waals surface area contributed by atoms with E-state index in [0.29, 0.717) is 29.9 Å². The number of ether oxygens (including phenoxy) is 2. The monoisotopic (exact) mass is 550 g/mol. The van der Waals surface area contributed by atoms with Crippen molar-refractivity contribution < 1.29 is 28.2 Å². The third kappa shape index (κ3) is 7.32. The van der Waals surface area contributed by atoms with Crippen LogP contribution in [-0.2, 0) is 29.0 Å². The molecule has 0 fully saturated rings. The molecule has 1 aliphatic heterocycles. The summed E-state index contributed by atoms with van der Waals surface area (Å²) in [5.74, 6) is -1.08. The molecule has 12 heteroatoms. The molecule has 1 heterocycles. The largest absolute Gasteiger partial charge is 0.494 e. The number of benzene rings is 3. The fourth-order valence-electron chi connectivity index (χ4n) is 4.19. The molecule has 3 aromatic rings. The summed E-state index contributed by atoms with van der Waals surface area (Å²) in [6, 6.07) is 17.4. The number of hydrogen-bond acceptors (Lipinski definition) is 7. The van der Waals surface area contributed by atoms with E-state index in [2.05, 4.69) is 20.9 Å². The number of hydrogen-bond donors (Lipinski definition) is 3. The summed E-state index contributed by atoms with van der Waals surface area (Å²) >= 11 is 0. The lowest BCUT2D eigenvalue weighted by atomic mass is 9.89. The maximum atomic E-state index is 13.6. The lowest BCUT2D eigenvalue weighted by Crippen LogP contribution is -2.52. The van der Waals surface area contributed by atoms with E-state index < -0.39 is 23.1 Å². The van der Waals surface area contributed by atoms with Gasteiger partial charge in [-0.3, -0.25) is 10.2 Å². The van der Waals surface area contributed by atoms with Gasteiger partial charge >= 0.3 is 0 Å². The average Bonchev–Trinajstić information content (AvgIpc) is 3.38. The van der Waals surface area contributed by atoms with Crippen LogP contribution < -0.4 is 15.6 Å². The van der Waals surface area contributed by atoms with Gasteiger partial charge in [0.05, 0.1) is 13.2 Å². The molecule has 0 unspecified atom stereocenters. The zero-order chi connectivity index (χ0) is 28.4. The minimum absolute atomic E-state index is 0.0286. The number of hydrazine groups is 1. The van der Waals surface area contributed by atoms with Gasteiger partial charge in [-0.2, -0.15) is 0 Å². The maximum Gasteiger partial charge on any atom is 0.266 e. The van der Waals surface area contributed by atoms with Crippen molar-refractivity contribution in [2.24, 2.45) is 10.1 Å². The smallest absolute Gasteiger partial charge is 0.266 e. The highest BCUT2D eigenvalue weighted by molar-refractivity contribution is 6.00. The topological polar surface area (TPSA) is 141 Å². The fourth-order valence-corrected chi connectivity index (χ4v) is 4.19. The Hall–Kier alpha value is -4.51. The second-order valence-electron chi connectivity index (χ2n) is 9.11. The van der Waals surface area contributed by atoms with E-state index in [1.54, 1.807) is 24.3 Å². The summed E-state index contributed by atoms with van der Waals surface area (Å²) in [6.45, 7) is 0.408. The van der Waals surface area contributed by atoms with Crippen molar-refractivity contribution in [1.82, 2.24) is 10.9 Å². The number of carbonyl (C=O) groups is 1. The Morgan fingerprint density at radius 1 is 1.12 bits per heavy atom. The number of aliphatic hydroxyl groups excluding tert-OH is 1. The number of halogens is 2. The van der Waals surface area contributed by atoms with Crippen molar-refractivity contribution in [2.75, 3.05) is 19.8 Å². The Bertz CT molecular complexity index is 1390. The van der Waals surface area contributed by atoms with Crippen molar-refractivity contribution in [3.05, 3.63) is 111 Å². The van der Waals surface area contributed by atoms with E-state index in [1.807, 2.05) is 24.3 Å². The molecule has 0 saturated heterocycles. The number of azide groups is 1. The number of amides is 1. The standard InChI is InChI=1S/C28H28F2N6O4/c29-23-12-19(13-24(30)14-23)16-32-35-27(38)28(15-21-4-1-2-5-22(21)17-33-36-31)18-40-26(34-28)20-6-8-25(9-7-20)39-11-3-10-37/h1-2,4-9,12-14,32,37H,3,10-11,15-18H2,(H,35,38)/t28-/m0/s1. The fraction of sp³-hybridized carbons (Fsp3) is 0.286. The normalized spacial score (nSPS) is 16.0. The third-order valence-electron chi connectivity index (χ3n) is 6.18. The molecule has 0 aliphatic carbocycles. The molecule has 3 aromatic carbocycles. The Kier molecular flexibility index (Phi) is 9.63. The van der Waals surface area contributed by atoms with Crippen molar-refractivity contribution in [3.8, 4) is 5.75 Å². The van der Waals surface area contributed by atoms with Gasteiger partial charge in [0.25, 0.3) is 5.91 Å². The minimum atomic E-state index is -1.39. The van der Waals surface area contributed by atoms with Gasteiger partial charge < -0.3 is 14.6 Å². The highest BCUT2D eigenvalue weighted by atomic mass is 19.1. The molecule has 0 bridgehead atoms. The first-order valence-corrected chi connectivity index (χ1v) is 12.5. The molecule has 0 radical (unpaired) electrons. The number of aliphatic imine (C=N–C) groups is 1. The zero-order valence-electron chi connectivity index (χ0n) is 21.5. The average molecular weight is 551 g/mol. The molecule has 1 atom stereocenters.